The average molecular weight is 1260 g/mol. The van der Waals surface area contributed by atoms with Crippen LogP contribution in [0, 0.1) is 107 Å². The molecular formula is C87H66N8O2+2. The van der Waals surface area contributed by atoms with Gasteiger partial charge in [0.05, 0.1) is 34.2 Å². The number of allylic oxidation sites excluding steroid dienone is 18. The molecule has 0 radical (unpaired) electrons. The Labute approximate surface area is 560 Å². The first kappa shape index (κ1) is 50.1. The average Bonchev–Trinajstić information content (AvgIpc) is 1.49. The summed E-state index contributed by atoms with van der Waals surface area (Å²) in [5.41, 5.74) is 32.8. The molecule has 18 bridgehead atoms. The summed E-state index contributed by atoms with van der Waals surface area (Å²) >= 11 is 0. The van der Waals surface area contributed by atoms with E-state index in [1.165, 1.54) is 63.4 Å². The lowest BCUT2D eigenvalue weighted by Gasteiger charge is -2.72. The van der Waals surface area contributed by atoms with Crippen LogP contribution in [-0.2, 0) is 0 Å². The minimum absolute atomic E-state index is 0.210. The van der Waals surface area contributed by atoms with E-state index in [1.807, 2.05) is 24.3 Å². The quantitative estimate of drug-likeness (QED) is 0.113. The van der Waals surface area contributed by atoms with E-state index < -0.39 is 0 Å². The molecule has 2 N–H and O–H groups in total. The van der Waals surface area contributed by atoms with Gasteiger partial charge in [0.1, 0.15) is 11.4 Å². The molecular weight excluding hydrogens is 1190 g/mol. The first-order valence-electron chi connectivity index (χ1n) is 37.0. The number of nitrogens with zero attached hydrogens (tertiary/aromatic N) is 6. The van der Waals surface area contributed by atoms with E-state index in [1.54, 1.807) is 33.4 Å². The van der Waals surface area contributed by atoms with Gasteiger partial charge in [0.15, 0.2) is 11.6 Å². The number of nitrogens with one attached hydrogen (secondary N) is 2. The fourth-order valence-electron chi connectivity index (χ4n) is 29.3. The van der Waals surface area contributed by atoms with E-state index >= 15 is 9.59 Å². The highest BCUT2D eigenvalue weighted by molar-refractivity contribution is 6.28. The minimum Gasteiger partial charge on any atom is -0.357 e. The molecule has 10 nitrogen and oxygen atoms in total. The Bertz CT molecular complexity index is 5670. The fourth-order valence-corrected chi connectivity index (χ4v) is 29.3. The third-order valence-corrected chi connectivity index (χ3v) is 31.6. The van der Waals surface area contributed by atoms with Crippen LogP contribution in [0.5, 0.6) is 0 Å². The molecule has 0 spiro atoms. The number of H-pyrrole nitrogens is 2. The molecule has 5 aromatic rings. The van der Waals surface area contributed by atoms with Gasteiger partial charge in [0.25, 0.3) is 11.0 Å². The lowest BCUT2D eigenvalue weighted by atomic mass is 9.31. The van der Waals surface area contributed by atoms with Crippen molar-refractivity contribution in [3.8, 4) is 0 Å². The summed E-state index contributed by atoms with van der Waals surface area (Å²) in [5, 5.41) is 2.81. The summed E-state index contributed by atoms with van der Waals surface area (Å²) in [4.78, 5) is 63.4. The number of benzene rings is 4. The molecule has 10 heteroatoms. The number of hydrogen-bond donors (Lipinski definition) is 0. The predicted molar refractivity (Wildman–Crippen MR) is 369 cm³/mol. The lowest BCUT2D eigenvalue weighted by molar-refractivity contribution is -0.408. The number of aromatic amines is 2. The predicted octanol–water partition coefficient (Wildman–Crippen LogP) is 14.0. The van der Waals surface area contributed by atoms with Gasteiger partial charge in [-0.15, -0.1) is 0 Å². The van der Waals surface area contributed by atoms with Crippen LogP contribution < -0.4 is 9.97 Å². The normalized spacial score (nSPS) is 41.8. The Morgan fingerprint density at radius 2 is 0.814 bits per heavy atom. The molecule has 1 aromatic heterocycles. The van der Waals surface area contributed by atoms with Crippen molar-refractivity contribution >= 4 is 61.9 Å². The number of aromatic nitrogens is 2. The van der Waals surface area contributed by atoms with Crippen LogP contribution in [0.3, 0.4) is 0 Å². The molecule has 10 unspecified atom stereocenters. The Balaban J connectivity index is 0.468. The standard InChI is InChI=1S/C87H64N8O2/c1-94-11-9-40-41-10-12-95(2)31-63(41)69-59-26-58(68(69)62(40)30-94)74-75(59)83-77-61-27-60(76(77)82(74)83)78-79(61)87(97)57-23-49-47-21-46(48(49)22-56(57)86(78)96)42-13-32-15-44-45(16-33(32)14-43(42)47)53-24-52(44)70-71(53)81-73-55-25-54(72(73)80(70)81)50-28-64-65(29-51(50)55)93-85-67-20-39-8-6-37(90-39)18-35-4-3-34(88-35)17-36-5-7-38(89-36)19-66(91-67)84(85)92-64/h3-20,22-23,28-31,46-47,52-55,58-61,68-77,80-83H,21,24-27H2,1-2H3/p+2/t46-,47+,52+,53-,54-,55+,58+,59-,60+,61-,68?,69?,70?,71?,72?,73?,74?,75?,76?,77?,80+,81-,82+,83-. The molecule has 24 atom stereocenters. The maximum Gasteiger partial charge on any atom is 0.304 e. The van der Waals surface area contributed by atoms with Gasteiger partial charge in [-0.05, 0) is 325 Å². The smallest absolute Gasteiger partial charge is 0.304 e. The summed E-state index contributed by atoms with van der Waals surface area (Å²) in [7, 11) is 4.39. The van der Waals surface area contributed by atoms with Crippen molar-refractivity contribution in [1.82, 2.24) is 9.80 Å². The van der Waals surface area contributed by atoms with Gasteiger partial charge < -0.3 is 9.80 Å². The summed E-state index contributed by atoms with van der Waals surface area (Å²) in [6.45, 7) is 0. The van der Waals surface area contributed by atoms with E-state index in [0.717, 1.165) is 151 Å². The molecule has 16 aliphatic carbocycles. The van der Waals surface area contributed by atoms with Crippen molar-refractivity contribution in [2.45, 2.75) is 67.6 Å². The maximum atomic E-state index is 15.4. The van der Waals surface area contributed by atoms with Crippen LogP contribution in [0.4, 0.5) is 0 Å². The lowest BCUT2D eigenvalue weighted by Crippen LogP contribution is -2.69. The van der Waals surface area contributed by atoms with Crippen molar-refractivity contribution in [3.05, 3.63) is 264 Å². The molecule has 0 saturated heterocycles. The third kappa shape index (κ3) is 5.52. The number of hydrogen-bond acceptors (Lipinski definition) is 8. The van der Waals surface area contributed by atoms with E-state index in [2.05, 4.69) is 156 Å². The zero-order chi connectivity index (χ0) is 62.2. The van der Waals surface area contributed by atoms with Gasteiger partial charge in [-0.3, -0.25) is 9.59 Å². The number of aliphatic imine (C=N–C) groups is 4. The van der Waals surface area contributed by atoms with Gasteiger partial charge in [-0.1, -0.05) is 24.3 Å². The van der Waals surface area contributed by atoms with E-state index in [9.17, 15) is 0 Å². The molecule has 97 heavy (non-hydrogen) atoms. The van der Waals surface area contributed by atoms with Gasteiger partial charge in [-0.25, -0.2) is 20.0 Å². The number of carbonyl (C=O) groups excluding carboxylic acids is 2. The first-order valence-corrected chi connectivity index (χ1v) is 37.0. The first-order chi connectivity index (χ1) is 47.6. The third-order valence-electron chi connectivity index (χ3n) is 31.6. The molecule has 4 aromatic carbocycles. The zero-order valence-electron chi connectivity index (χ0n) is 53.7. The zero-order valence-corrected chi connectivity index (χ0v) is 53.7. The maximum absolute atomic E-state index is 15.4. The molecule has 9 saturated carbocycles. The number of fused-ring (bicyclic) bond motifs is 63. The monoisotopic (exact) mass is 1250 g/mol. The van der Waals surface area contributed by atoms with E-state index in [0.29, 0.717) is 71.0 Å². The fraction of sp³-hybridized carbons (Fsp3) is 0.356. The highest BCUT2D eigenvalue weighted by Crippen LogP contribution is 2.87. The Kier molecular flexibility index (Phi) is 8.26. The number of rotatable bonds is 0. The SMILES string of the molecule is CN1C=CC2=C3C=CN(C)C=C3C3C(C2=C1)[C@H]1C[C@@H]3C2C1[C@@H]1C3C([C@H]21)[C@@H]1C[C@H]3C2=C1C(=O)c1cc3c(cc1C2=O)[C@H]1C[C@@H]3c2cc3cc4c(cc3cc21)[C@H]1C[C@@H]4C2C1[C@@H]1C3C([C@H]21)[C@@H]1C[C@H]3c2cc3[nH+]c4c([nH+]c3cc21)C1=CC2=NC(=CC3=NC(=CC5=NC(=CC4=N1)C=C5)C=C3)C=C2. The van der Waals surface area contributed by atoms with Crippen molar-refractivity contribution in [2.24, 2.45) is 126 Å². The Morgan fingerprint density at radius 3 is 1.33 bits per heavy atom. The van der Waals surface area contributed by atoms with Crippen LogP contribution >= 0.6 is 0 Å². The van der Waals surface area contributed by atoms with Gasteiger partial charge in [0, 0.05) is 85.1 Å². The Hall–Kier alpha value is -9.28. The summed E-state index contributed by atoms with van der Waals surface area (Å²) in [6.07, 6.45) is 40.8. The van der Waals surface area contributed by atoms with Gasteiger partial charge in [0.2, 0.25) is 0 Å². The number of Topliss-reactive ketones (excluding diaryl/α,β-unsaturated/α-hetero) is 2. The molecule has 9 fully saturated rings. The Morgan fingerprint density at radius 1 is 0.392 bits per heavy atom. The summed E-state index contributed by atoms with van der Waals surface area (Å²) < 4.78 is 0. The summed E-state index contributed by atoms with van der Waals surface area (Å²) in [6, 6.07) is 20.1. The van der Waals surface area contributed by atoms with Crippen molar-refractivity contribution in [1.29, 1.82) is 0 Å². The number of carbonyl (C=O) groups is 2. The van der Waals surface area contributed by atoms with Gasteiger partial charge >= 0.3 is 11.4 Å². The second-order valence-corrected chi connectivity index (χ2v) is 34.4. The van der Waals surface area contributed by atoms with E-state index in [4.69, 9.17) is 20.0 Å². The van der Waals surface area contributed by atoms with E-state index in [-0.39, 0.29) is 35.2 Å². The molecule has 464 valence electrons. The van der Waals surface area contributed by atoms with Crippen LogP contribution in [0.1, 0.15) is 144 Å². The molecule has 0 amide bonds. The van der Waals surface area contributed by atoms with Crippen LogP contribution in [0.2, 0.25) is 0 Å². The topological polar surface area (TPSA) is 118 Å². The highest BCUT2D eigenvalue weighted by Gasteiger charge is 2.82. The largest absolute Gasteiger partial charge is 0.357 e. The van der Waals surface area contributed by atoms with Crippen LogP contribution in [-0.4, -0.2) is 58.3 Å². The van der Waals surface area contributed by atoms with Crippen molar-refractivity contribution in [3.63, 3.8) is 0 Å². The summed E-state index contributed by atoms with van der Waals surface area (Å²) in [5.74, 6) is 15.5. The second-order valence-electron chi connectivity index (χ2n) is 34.4. The number of ketones is 2. The van der Waals surface area contributed by atoms with Crippen LogP contribution in [0.15, 0.2) is 217 Å². The van der Waals surface area contributed by atoms with Crippen molar-refractivity contribution < 1.29 is 19.6 Å². The van der Waals surface area contributed by atoms with Crippen LogP contribution in [0.25, 0.3) is 27.5 Å². The molecule has 23 aliphatic rings. The highest BCUT2D eigenvalue weighted by atomic mass is 16.1. The second kappa shape index (κ2) is 16.0. The molecule has 28 rings (SSSR count). The minimum atomic E-state index is 0.210. The van der Waals surface area contributed by atoms with Crippen molar-refractivity contribution in [2.75, 3.05) is 14.1 Å². The molecule has 8 heterocycles. The molecule has 7 aliphatic heterocycles. The van der Waals surface area contributed by atoms with Gasteiger partial charge in [-0.2, -0.15) is 9.97 Å².